The van der Waals surface area contributed by atoms with Crippen molar-refractivity contribution in [1.82, 2.24) is 15.5 Å². The molecule has 1 aromatic heterocycles. The van der Waals surface area contributed by atoms with Crippen molar-refractivity contribution in [3.05, 3.63) is 24.2 Å². The zero-order valence-electron chi connectivity index (χ0n) is 12.6. The van der Waals surface area contributed by atoms with Crippen LogP contribution in [-0.2, 0) is 16.1 Å². The molecule has 0 atom stereocenters. The second kappa shape index (κ2) is 11.4. The first-order valence-corrected chi connectivity index (χ1v) is 6.37. The zero-order valence-corrected chi connectivity index (χ0v) is 14.9. The summed E-state index contributed by atoms with van der Waals surface area (Å²) in [5.41, 5.74) is 0. The van der Waals surface area contributed by atoms with E-state index >= 15 is 0 Å². The molecular formula is C13H23IN4O3. The molecule has 0 aromatic carbocycles. The fraction of sp³-hybridized carbons (Fsp3) is 0.538. The molecule has 0 aliphatic heterocycles. The van der Waals surface area contributed by atoms with E-state index in [4.69, 9.17) is 9.15 Å². The monoisotopic (exact) mass is 410 g/mol. The van der Waals surface area contributed by atoms with Crippen molar-refractivity contribution in [3.8, 4) is 0 Å². The number of likely N-dealkylation sites (N-methyl/N-ethyl adjacent to an activating group) is 1. The Morgan fingerprint density at radius 2 is 2.19 bits per heavy atom. The van der Waals surface area contributed by atoms with Gasteiger partial charge in [-0.25, -0.2) is 4.99 Å². The van der Waals surface area contributed by atoms with Crippen LogP contribution in [0.1, 0.15) is 5.76 Å². The molecule has 0 radical (unpaired) electrons. The Hall–Kier alpha value is -1.29. The number of nitrogens with zero attached hydrogens (tertiary/aromatic N) is 2. The zero-order chi connectivity index (χ0) is 14.8. The van der Waals surface area contributed by atoms with Crippen molar-refractivity contribution < 1.29 is 13.9 Å². The van der Waals surface area contributed by atoms with Crippen molar-refractivity contribution >= 4 is 35.8 Å². The minimum absolute atomic E-state index is 0. The van der Waals surface area contributed by atoms with Gasteiger partial charge in [0.1, 0.15) is 12.3 Å². The third-order valence-corrected chi connectivity index (χ3v) is 2.48. The van der Waals surface area contributed by atoms with Crippen LogP contribution in [0, 0.1) is 0 Å². The maximum Gasteiger partial charge on any atom is 0.243 e. The summed E-state index contributed by atoms with van der Waals surface area (Å²) < 4.78 is 10.2. The van der Waals surface area contributed by atoms with E-state index < -0.39 is 0 Å². The maximum atomic E-state index is 11.5. The Morgan fingerprint density at radius 1 is 1.43 bits per heavy atom. The number of methoxy groups -OCH3 is 1. The lowest BCUT2D eigenvalue weighted by molar-refractivity contribution is -0.127. The number of nitrogens with one attached hydrogen (secondary N) is 2. The van der Waals surface area contributed by atoms with Gasteiger partial charge < -0.3 is 24.7 Å². The lowest BCUT2D eigenvalue weighted by Gasteiger charge is -2.12. The predicted octanol–water partition coefficient (Wildman–Crippen LogP) is 0.667. The molecule has 0 bridgehead atoms. The molecule has 0 spiro atoms. The number of rotatable bonds is 7. The number of hydrogen-bond acceptors (Lipinski definition) is 4. The highest BCUT2D eigenvalue weighted by Gasteiger charge is 2.05. The number of carbonyl (C=O) groups is 1. The Bertz CT molecular complexity index is 421. The molecule has 7 nitrogen and oxygen atoms in total. The molecule has 1 aromatic rings. The predicted molar refractivity (Wildman–Crippen MR) is 91.8 cm³/mol. The third-order valence-electron chi connectivity index (χ3n) is 2.48. The van der Waals surface area contributed by atoms with Crippen molar-refractivity contribution in [3.63, 3.8) is 0 Å². The molecule has 1 amide bonds. The number of aliphatic imine (C=N–C) groups is 1. The fourth-order valence-corrected chi connectivity index (χ4v) is 1.32. The number of hydrogen-bond donors (Lipinski definition) is 2. The number of amides is 1. The number of guanidine groups is 1. The van der Waals surface area contributed by atoms with Gasteiger partial charge in [-0.2, -0.15) is 0 Å². The van der Waals surface area contributed by atoms with E-state index in [-0.39, 0.29) is 36.4 Å². The molecule has 0 saturated heterocycles. The molecule has 0 aliphatic rings. The largest absolute Gasteiger partial charge is 0.467 e. The minimum Gasteiger partial charge on any atom is -0.467 e. The second-order valence-corrected chi connectivity index (χ2v) is 4.31. The Balaban J connectivity index is 0.00000400. The molecule has 2 N–H and O–H groups in total. The number of furan rings is 1. The van der Waals surface area contributed by atoms with Crippen LogP contribution < -0.4 is 10.6 Å². The Morgan fingerprint density at radius 3 is 2.76 bits per heavy atom. The van der Waals surface area contributed by atoms with Crippen molar-refractivity contribution in [2.24, 2.45) is 4.99 Å². The van der Waals surface area contributed by atoms with Gasteiger partial charge in [-0.3, -0.25) is 4.79 Å². The highest BCUT2D eigenvalue weighted by Crippen LogP contribution is 1.98. The molecular weight excluding hydrogens is 387 g/mol. The van der Waals surface area contributed by atoms with Crippen LogP contribution in [-0.4, -0.2) is 57.7 Å². The Labute approximate surface area is 142 Å². The summed E-state index contributed by atoms with van der Waals surface area (Å²) in [6, 6.07) is 3.69. The summed E-state index contributed by atoms with van der Waals surface area (Å²) in [4.78, 5) is 17.3. The molecule has 0 saturated carbocycles. The second-order valence-electron chi connectivity index (χ2n) is 4.31. The quantitative estimate of drug-likeness (QED) is 0.299. The van der Waals surface area contributed by atoms with Gasteiger partial charge in [0.25, 0.3) is 0 Å². The van der Waals surface area contributed by atoms with Gasteiger partial charge in [0.2, 0.25) is 5.91 Å². The molecule has 21 heavy (non-hydrogen) atoms. The van der Waals surface area contributed by atoms with Gasteiger partial charge in [0, 0.05) is 27.7 Å². The number of ether oxygens (including phenoxy) is 1. The maximum absolute atomic E-state index is 11.5. The van der Waals surface area contributed by atoms with Gasteiger partial charge >= 0.3 is 0 Å². The molecule has 120 valence electrons. The summed E-state index contributed by atoms with van der Waals surface area (Å²) in [7, 11) is 5.03. The fourth-order valence-electron chi connectivity index (χ4n) is 1.32. The van der Waals surface area contributed by atoms with Crippen LogP contribution in [0.5, 0.6) is 0 Å². The molecule has 1 heterocycles. The summed E-state index contributed by atoms with van der Waals surface area (Å²) >= 11 is 0. The van der Waals surface area contributed by atoms with Gasteiger partial charge in [-0.05, 0) is 12.1 Å². The first-order chi connectivity index (χ1) is 9.63. The number of carbonyl (C=O) groups excluding carboxylic acids is 1. The van der Waals surface area contributed by atoms with E-state index in [1.165, 1.54) is 4.90 Å². The van der Waals surface area contributed by atoms with E-state index in [1.807, 2.05) is 12.1 Å². The van der Waals surface area contributed by atoms with Gasteiger partial charge in [0.15, 0.2) is 5.96 Å². The summed E-state index contributed by atoms with van der Waals surface area (Å²) in [5.74, 6) is 1.29. The van der Waals surface area contributed by atoms with E-state index in [0.717, 1.165) is 5.76 Å². The first kappa shape index (κ1) is 19.7. The first-order valence-electron chi connectivity index (χ1n) is 6.37. The summed E-state index contributed by atoms with van der Waals surface area (Å²) in [5, 5.41) is 6.17. The van der Waals surface area contributed by atoms with E-state index in [1.54, 1.807) is 27.5 Å². The van der Waals surface area contributed by atoms with E-state index in [0.29, 0.717) is 25.7 Å². The van der Waals surface area contributed by atoms with Crippen molar-refractivity contribution in [2.45, 2.75) is 6.54 Å². The average molecular weight is 410 g/mol. The normalized spacial score (nSPS) is 10.7. The highest BCUT2D eigenvalue weighted by atomic mass is 127. The smallest absolute Gasteiger partial charge is 0.243 e. The standard InChI is InChI=1S/C13H22N4O3.HI/c1-17(2)12(18)10-16-13(14-6-8-19-3)15-9-11-5-4-7-20-11;/h4-5,7H,6,8-10H2,1-3H3,(H2,14,15,16);1H. The Kier molecular flexibility index (Phi) is 10.7. The molecule has 0 fully saturated rings. The summed E-state index contributed by atoms with van der Waals surface area (Å²) in [6.45, 7) is 1.76. The molecule has 8 heteroatoms. The highest BCUT2D eigenvalue weighted by molar-refractivity contribution is 14.0. The minimum atomic E-state index is -0.0594. The third kappa shape index (κ3) is 8.56. The van der Waals surface area contributed by atoms with Gasteiger partial charge in [-0.15, -0.1) is 24.0 Å². The average Bonchev–Trinajstić information content (AvgIpc) is 2.94. The van der Waals surface area contributed by atoms with Crippen LogP contribution in [0.4, 0.5) is 0 Å². The van der Waals surface area contributed by atoms with Crippen LogP contribution in [0.3, 0.4) is 0 Å². The topological polar surface area (TPSA) is 79.1 Å². The van der Waals surface area contributed by atoms with E-state index in [2.05, 4.69) is 15.6 Å². The SMILES string of the molecule is COCCNC(=NCC(=O)N(C)C)NCc1ccco1.I. The van der Waals surface area contributed by atoms with Crippen LogP contribution in [0.25, 0.3) is 0 Å². The molecule has 1 rings (SSSR count). The van der Waals surface area contributed by atoms with Crippen molar-refractivity contribution in [1.29, 1.82) is 0 Å². The van der Waals surface area contributed by atoms with Crippen LogP contribution >= 0.6 is 24.0 Å². The lowest BCUT2D eigenvalue weighted by atomic mass is 10.4. The molecule has 0 unspecified atom stereocenters. The summed E-state index contributed by atoms with van der Waals surface area (Å²) in [6.07, 6.45) is 1.61. The lowest BCUT2D eigenvalue weighted by Crippen LogP contribution is -2.39. The van der Waals surface area contributed by atoms with Crippen molar-refractivity contribution in [2.75, 3.05) is 40.9 Å². The molecule has 0 aliphatic carbocycles. The van der Waals surface area contributed by atoms with Gasteiger partial charge in [0.05, 0.1) is 19.4 Å². The van der Waals surface area contributed by atoms with Gasteiger partial charge in [-0.1, -0.05) is 0 Å². The number of halogens is 1. The van der Waals surface area contributed by atoms with Crippen LogP contribution in [0.15, 0.2) is 27.8 Å². The van der Waals surface area contributed by atoms with Crippen LogP contribution in [0.2, 0.25) is 0 Å². The van der Waals surface area contributed by atoms with E-state index in [9.17, 15) is 4.79 Å².